The normalized spacial score (nSPS) is 29.4. The minimum absolute atomic E-state index is 0.0712. The topological polar surface area (TPSA) is 84.9 Å². The Balaban J connectivity index is 1.33. The number of piperidine rings is 1. The van der Waals surface area contributed by atoms with Crippen molar-refractivity contribution < 1.29 is 20.6 Å². The number of rotatable bonds is 4. The molecule has 1 spiro atoms. The van der Waals surface area contributed by atoms with E-state index < -0.39 is 0 Å². The number of carbonyl (C=O) groups excluding carboxylic acids is 2. The van der Waals surface area contributed by atoms with Crippen molar-refractivity contribution in [1.29, 1.82) is 0 Å². The lowest BCUT2D eigenvalue weighted by Gasteiger charge is -2.48. The van der Waals surface area contributed by atoms with Gasteiger partial charge in [-0.15, -0.1) is 0 Å². The number of nitrogens with zero attached hydrogens (tertiary/aromatic N) is 2. The highest BCUT2D eigenvalue weighted by atomic mass is 79.9. The molecule has 1 aliphatic carbocycles. The molecule has 4 aliphatic rings. The van der Waals surface area contributed by atoms with Crippen LogP contribution in [0.15, 0.2) is 53.0 Å². The molecule has 3 fully saturated rings. The molecule has 7 heteroatoms. The molecule has 0 radical (unpaired) electrons. The molecular weight excluding hydrogens is 552 g/mol. The number of hydrogen-bond donors (Lipinski definition) is 2. The van der Waals surface area contributed by atoms with Gasteiger partial charge >= 0.3 is 0 Å². The van der Waals surface area contributed by atoms with Gasteiger partial charge in [-0.25, -0.2) is 0 Å². The predicted molar refractivity (Wildman–Crippen MR) is 155 cm³/mol. The van der Waals surface area contributed by atoms with Crippen LogP contribution in [0.25, 0.3) is 0 Å². The third kappa shape index (κ3) is 5.07. The Kier molecular flexibility index (Phi) is 7.84. The number of hydrogen-bond acceptors (Lipinski definition) is 2. The lowest BCUT2D eigenvalue weighted by atomic mass is 9.67. The van der Waals surface area contributed by atoms with E-state index in [9.17, 15) is 9.59 Å². The molecule has 0 bridgehead atoms. The molecule has 1 unspecified atom stereocenters. The number of nitrogens with two attached hydrogens (primary N) is 1. The van der Waals surface area contributed by atoms with Gasteiger partial charge in [0.15, 0.2) is 6.54 Å². The summed E-state index contributed by atoms with van der Waals surface area (Å²) in [5.74, 6) is 1.38. The van der Waals surface area contributed by atoms with Crippen LogP contribution in [0.3, 0.4) is 0 Å². The summed E-state index contributed by atoms with van der Waals surface area (Å²) in [5, 5.41) is 2.32. The van der Waals surface area contributed by atoms with Crippen molar-refractivity contribution in [2.24, 2.45) is 11.8 Å². The molecule has 2 saturated heterocycles. The number of benzene rings is 2. The number of likely N-dealkylation sites (tertiary alicyclic amines) is 1. The van der Waals surface area contributed by atoms with E-state index in [0.717, 1.165) is 42.5 Å². The number of carbonyl (C=O) groups is 2. The standard InChI is InChI=1S/C32H41BrN4O2/c33-26-11-12-27-25(15-26)19-36(30(38)17-34)21-32(27)20-35-18-28(32)31(39)37-14-13-24(22-7-3-1-4-8-22)16-29(37)23-9-5-2-6-10-23/h1,3-4,7-8,11-12,15,23-24,28-29,35H,2,5-6,9-10,13-14,16-21,34H2/p+2/t24-,28?,29+,32-/m1/s1. The predicted octanol–water partition coefficient (Wildman–Crippen LogP) is 2.82. The zero-order valence-electron chi connectivity index (χ0n) is 23.0. The number of amides is 2. The largest absolute Gasteiger partial charge is 0.350 e. The summed E-state index contributed by atoms with van der Waals surface area (Å²) in [7, 11) is 0. The van der Waals surface area contributed by atoms with Gasteiger partial charge in [0.05, 0.1) is 18.5 Å². The Bertz CT molecular complexity index is 1200. The fraction of sp³-hybridized carbons (Fsp3) is 0.562. The van der Waals surface area contributed by atoms with Crippen LogP contribution in [0, 0.1) is 11.8 Å². The fourth-order valence-corrected chi connectivity index (χ4v) is 8.76. The summed E-state index contributed by atoms with van der Waals surface area (Å²) in [5.41, 5.74) is 7.38. The van der Waals surface area contributed by atoms with Crippen LogP contribution in [-0.2, 0) is 21.5 Å². The van der Waals surface area contributed by atoms with Gasteiger partial charge in [0.2, 0.25) is 5.91 Å². The van der Waals surface area contributed by atoms with Gasteiger partial charge in [-0.1, -0.05) is 71.6 Å². The zero-order valence-corrected chi connectivity index (χ0v) is 24.6. The summed E-state index contributed by atoms with van der Waals surface area (Å²) < 4.78 is 1.02. The summed E-state index contributed by atoms with van der Waals surface area (Å²) in [6.45, 7) is 3.92. The second kappa shape index (κ2) is 11.3. The van der Waals surface area contributed by atoms with E-state index in [1.54, 1.807) is 0 Å². The molecule has 1 saturated carbocycles. The lowest BCUT2D eigenvalue weighted by Crippen LogP contribution is -2.83. The molecule has 3 aliphatic heterocycles. The molecule has 39 heavy (non-hydrogen) atoms. The van der Waals surface area contributed by atoms with Gasteiger partial charge in [-0.05, 0) is 66.3 Å². The molecular formula is C32H43BrN4O2+2. The molecule has 2 aromatic rings. The Labute approximate surface area is 240 Å². The van der Waals surface area contributed by atoms with Crippen LogP contribution in [-0.4, -0.2) is 60.4 Å². The minimum Gasteiger partial charge on any atom is -0.350 e. The first-order valence-corrected chi connectivity index (χ1v) is 15.8. The van der Waals surface area contributed by atoms with Crippen molar-refractivity contribution in [3.8, 4) is 0 Å². The van der Waals surface area contributed by atoms with Gasteiger partial charge < -0.3 is 20.9 Å². The number of halogens is 1. The van der Waals surface area contributed by atoms with Gasteiger partial charge in [-0.3, -0.25) is 9.59 Å². The van der Waals surface area contributed by atoms with Gasteiger partial charge in [0, 0.05) is 30.1 Å². The van der Waals surface area contributed by atoms with Crippen LogP contribution < -0.4 is 11.1 Å². The monoisotopic (exact) mass is 594 g/mol. The molecule has 6 nitrogen and oxygen atoms in total. The van der Waals surface area contributed by atoms with Crippen molar-refractivity contribution in [2.45, 2.75) is 68.9 Å². The van der Waals surface area contributed by atoms with Crippen molar-refractivity contribution >= 4 is 27.7 Å². The fourth-order valence-electron chi connectivity index (χ4n) is 8.35. The molecule has 0 aromatic heterocycles. The summed E-state index contributed by atoms with van der Waals surface area (Å²) >= 11 is 3.65. The third-order valence-corrected chi connectivity index (χ3v) is 10.8. The lowest BCUT2D eigenvalue weighted by molar-refractivity contribution is -0.640. The van der Waals surface area contributed by atoms with Crippen molar-refractivity contribution in [3.63, 3.8) is 0 Å². The Morgan fingerprint density at radius 3 is 2.62 bits per heavy atom. The van der Waals surface area contributed by atoms with E-state index in [4.69, 9.17) is 0 Å². The molecule has 3 heterocycles. The van der Waals surface area contributed by atoms with E-state index in [2.05, 4.69) is 80.4 Å². The van der Waals surface area contributed by atoms with Crippen LogP contribution in [0.2, 0.25) is 0 Å². The molecule has 2 aromatic carbocycles. The highest BCUT2D eigenvalue weighted by Gasteiger charge is 2.57. The zero-order chi connectivity index (χ0) is 27.0. The second-order valence-corrected chi connectivity index (χ2v) is 13.3. The first-order chi connectivity index (χ1) is 19.0. The summed E-state index contributed by atoms with van der Waals surface area (Å²) in [6, 6.07) is 17.7. The molecule has 6 rings (SSSR count). The maximum atomic E-state index is 14.8. The van der Waals surface area contributed by atoms with Crippen LogP contribution in [0.1, 0.15) is 67.6 Å². The number of fused-ring (bicyclic) bond motifs is 2. The van der Waals surface area contributed by atoms with E-state index in [-0.39, 0.29) is 23.8 Å². The molecule has 5 N–H and O–H groups in total. The van der Waals surface area contributed by atoms with Crippen LogP contribution in [0.5, 0.6) is 0 Å². The van der Waals surface area contributed by atoms with Crippen molar-refractivity contribution in [2.75, 3.05) is 32.7 Å². The smallest absolute Gasteiger partial charge is 0.277 e. The molecule has 4 atom stereocenters. The minimum atomic E-state index is -0.358. The SMILES string of the molecule is [NH3+]CC(=O)N1Cc2cc(Br)ccc2[C@@]2(C[NH2+]CC2C(=O)N2CC[C@@H](c3ccccc3)C[C@H]2C2CCCCC2)C1. The molecule has 2 amide bonds. The Morgan fingerprint density at radius 2 is 1.85 bits per heavy atom. The first kappa shape index (κ1) is 27.0. The van der Waals surface area contributed by atoms with Gasteiger partial charge in [-0.2, -0.15) is 0 Å². The highest BCUT2D eigenvalue weighted by Crippen LogP contribution is 2.45. The maximum Gasteiger partial charge on any atom is 0.277 e. The quantitative estimate of drug-likeness (QED) is 0.570. The van der Waals surface area contributed by atoms with E-state index in [1.165, 1.54) is 43.2 Å². The number of quaternary nitrogens is 2. The Morgan fingerprint density at radius 1 is 1.05 bits per heavy atom. The Hall–Kier alpha value is -2.22. The van der Waals surface area contributed by atoms with Crippen LogP contribution in [0.4, 0.5) is 0 Å². The van der Waals surface area contributed by atoms with E-state index >= 15 is 0 Å². The second-order valence-electron chi connectivity index (χ2n) is 12.4. The first-order valence-electron chi connectivity index (χ1n) is 15.0. The highest BCUT2D eigenvalue weighted by molar-refractivity contribution is 9.10. The van der Waals surface area contributed by atoms with E-state index in [1.807, 2.05) is 4.90 Å². The third-order valence-electron chi connectivity index (χ3n) is 10.3. The van der Waals surface area contributed by atoms with Crippen LogP contribution >= 0.6 is 15.9 Å². The van der Waals surface area contributed by atoms with Gasteiger partial charge in [0.25, 0.3) is 5.91 Å². The van der Waals surface area contributed by atoms with Crippen molar-refractivity contribution in [3.05, 3.63) is 69.7 Å². The van der Waals surface area contributed by atoms with E-state index in [0.29, 0.717) is 36.9 Å². The van der Waals surface area contributed by atoms with Crippen molar-refractivity contribution in [1.82, 2.24) is 9.80 Å². The summed E-state index contributed by atoms with van der Waals surface area (Å²) in [6.07, 6.45) is 8.45. The van der Waals surface area contributed by atoms with Gasteiger partial charge in [0.1, 0.15) is 5.92 Å². The average molecular weight is 596 g/mol. The summed E-state index contributed by atoms with van der Waals surface area (Å²) in [4.78, 5) is 32.0. The molecule has 208 valence electrons. The average Bonchev–Trinajstić information content (AvgIpc) is 3.40. The maximum absolute atomic E-state index is 14.8.